The van der Waals surface area contributed by atoms with Gasteiger partial charge in [-0.15, -0.1) is 5.10 Å². The van der Waals surface area contributed by atoms with Crippen LogP contribution in [-0.2, 0) is 0 Å². The Kier molecular flexibility index (Phi) is 3.92. The SMILES string of the molecule is COc1ccc(-c2nnc(Nc3nc4c(OC)cccc4[nH]3)o2)c(C)c1. The number of nitrogens with one attached hydrogen (secondary N) is 2. The molecule has 0 aliphatic heterocycles. The van der Waals surface area contributed by atoms with Crippen molar-refractivity contribution in [2.45, 2.75) is 6.92 Å². The molecule has 4 rings (SSSR count). The van der Waals surface area contributed by atoms with Crippen molar-refractivity contribution in [1.29, 1.82) is 0 Å². The summed E-state index contributed by atoms with van der Waals surface area (Å²) in [7, 11) is 3.24. The molecule has 0 spiro atoms. The average molecular weight is 351 g/mol. The van der Waals surface area contributed by atoms with Crippen LogP contribution < -0.4 is 14.8 Å². The van der Waals surface area contributed by atoms with E-state index >= 15 is 0 Å². The van der Waals surface area contributed by atoms with E-state index in [2.05, 4.69) is 25.5 Å². The normalized spacial score (nSPS) is 10.9. The van der Waals surface area contributed by atoms with Crippen LogP contribution in [0.25, 0.3) is 22.5 Å². The number of ether oxygens (including phenoxy) is 2. The molecular weight excluding hydrogens is 334 g/mol. The molecule has 132 valence electrons. The van der Waals surface area contributed by atoms with Crippen LogP contribution in [0.4, 0.5) is 12.0 Å². The van der Waals surface area contributed by atoms with Crippen LogP contribution in [0.15, 0.2) is 40.8 Å². The molecule has 4 aromatic rings. The Morgan fingerprint density at radius 2 is 1.96 bits per heavy atom. The fourth-order valence-corrected chi connectivity index (χ4v) is 2.72. The zero-order valence-corrected chi connectivity index (χ0v) is 14.5. The summed E-state index contributed by atoms with van der Waals surface area (Å²) in [6.45, 7) is 1.96. The second-order valence-electron chi connectivity index (χ2n) is 5.66. The second kappa shape index (κ2) is 6.40. The van der Waals surface area contributed by atoms with Crippen molar-refractivity contribution in [3.8, 4) is 23.0 Å². The number of hydrogen-bond acceptors (Lipinski definition) is 7. The zero-order valence-electron chi connectivity index (χ0n) is 14.5. The smallest absolute Gasteiger partial charge is 0.322 e. The molecule has 0 fully saturated rings. The van der Waals surface area contributed by atoms with Crippen molar-refractivity contribution in [3.05, 3.63) is 42.0 Å². The topological polar surface area (TPSA) is 98.1 Å². The third kappa shape index (κ3) is 2.81. The third-order valence-corrected chi connectivity index (χ3v) is 4.01. The van der Waals surface area contributed by atoms with E-state index < -0.39 is 0 Å². The van der Waals surface area contributed by atoms with E-state index in [0.29, 0.717) is 17.6 Å². The molecule has 0 saturated carbocycles. The first-order valence-electron chi connectivity index (χ1n) is 7.96. The lowest BCUT2D eigenvalue weighted by Gasteiger charge is -2.04. The first-order chi connectivity index (χ1) is 12.7. The maximum Gasteiger partial charge on any atom is 0.322 e. The maximum absolute atomic E-state index is 5.72. The van der Waals surface area contributed by atoms with Gasteiger partial charge >= 0.3 is 6.01 Å². The molecule has 2 aromatic carbocycles. The summed E-state index contributed by atoms with van der Waals surface area (Å²) in [4.78, 5) is 7.61. The van der Waals surface area contributed by atoms with Crippen molar-refractivity contribution in [3.63, 3.8) is 0 Å². The molecule has 0 bridgehead atoms. The molecule has 0 saturated heterocycles. The number of fused-ring (bicyclic) bond motifs is 1. The molecule has 0 amide bonds. The van der Waals surface area contributed by atoms with Gasteiger partial charge in [-0.2, -0.15) is 0 Å². The van der Waals surface area contributed by atoms with Gasteiger partial charge in [-0.3, -0.25) is 5.32 Å². The predicted octanol–water partition coefficient (Wildman–Crippen LogP) is 3.68. The van der Waals surface area contributed by atoms with E-state index in [-0.39, 0.29) is 6.01 Å². The Morgan fingerprint density at radius 3 is 2.73 bits per heavy atom. The Labute approximate surface area is 149 Å². The van der Waals surface area contributed by atoms with E-state index in [1.165, 1.54) is 0 Å². The van der Waals surface area contributed by atoms with Gasteiger partial charge in [0.1, 0.15) is 17.0 Å². The summed E-state index contributed by atoms with van der Waals surface area (Å²) in [5.74, 6) is 2.37. The van der Waals surface area contributed by atoms with E-state index in [1.54, 1.807) is 14.2 Å². The quantitative estimate of drug-likeness (QED) is 0.566. The number of aromatic nitrogens is 4. The molecule has 2 aromatic heterocycles. The predicted molar refractivity (Wildman–Crippen MR) is 97.0 cm³/mol. The minimum absolute atomic E-state index is 0.244. The van der Waals surface area contributed by atoms with Gasteiger partial charge in [-0.1, -0.05) is 11.2 Å². The molecule has 0 aliphatic carbocycles. The minimum Gasteiger partial charge on any atom is -0.497 e. The summed E-state index contributed by atoms with van der Waals surface area (Å²) < 4.78 is 16.2. The second-order valence-corrected chi connectivity index (χ2v) is 5.66. The van der Waals surface area contributed by atoms with Crippen LogP contribution in [-0.4, -0.2) is 34.4 Å². The molecule has 8 nitrogen and oxygen atoms in total. The third-order valence-electron chi connectivity index (χ3n) is 4.01. The molecule has 0 unspecified atom stereocenters. The fraction of sp³-hybridized carbons (Fsp3) is 0.167. The zero-order chi connectivity index (χ0) is 18.1. The monoisotopic (exact) mass is 351 g/mol. The average Bonchev–Trinajstić information content (AvgIpc) is 3.27. The number of aromatic amines is 1. The number of rotatable bonds is 5. The molecule has 8 heteroatoms. The molecule has 26 heavy (non-hydrogen) atoms. The molecular formula is C18H17N5O3. The molecule has 2 heterocycles. The van der Waals surface area contributed by atoms with Gasteiger partial charge in [0, 0.05) is 5.56 Å². The number of benzene rings is 2. The van der Waals surface area contributed by atoms with Crippen molar-refractivity contribution in [2.75, 3.05) is 19.5 Å². The van der Waals surface area contributed by atoms with E-state index in [9.17, 15) is 0 Å². The van der Waals surface area contributed by atoms with Gasteiger partial charge in [0.05, 0.1) is 19.7 Å². The first-order valence-corrected chi connectivity index (χ1v) is 7.96. The maximum atomic E-state index is 5.72. The van der Waals surface area contributed by atoms with Crippen LogP contribution in [0, 0.1) is 6.92 Å². The highest BCUT2D eigenvalue weighted by Crippen LogP contribution is 2.29. The van der Waals surface area contributed by atoms with Crippen LogP contribution >= 0.6 is 0 Å². The minimum atomic E-state index is 0.244. The molecule has 2 N–H and O–H groups in total. The van der Waals surface area contributed by atoms with Crippen LogP contribution in [0.2, 0.25) is 0 Å². The van der Waals surface area contributed by atoms with Crippen molar-refractivity contribution in [2.24, 2.45) is 0 Å². The Morgan fingerprint density at radius 1 is 1.08 bits per heavy atom. The van der Waals surface area contributed by atoms with Crippen molar-refractivity contribution < 1.29 is 13.9 Å². The summed E-state index contributed by atoms with van der Waals surface area (Å²) >= 11 is 0. The highest BCUT2D eigenvalue weighted by atomic mass is 16.5. The number of imidazole rings is 1. The molecule has 0 aliphatic rings. The van der Waals surface area contributed by atoms with E-state index in [1.807, 2.05) is 43.3 Å². The van der Waals surface area contributed by atoms with Gasteiger partial charge in [-0.05, 0) is 42.8 Å². The Hall–Kier alpha value is -3.55. The number of H-pyrrole nitrogens is 1. The summed E-state index contributed by atoms with van der Waals surface area (Å²) in [6, 6.07) is 11.6. The van der Waals surface area contributed by atoms with Crippen molar-refractivity contribution >= 4 is 23.0 Å². The molecule has 0 atom stereocenters. The van der Waals surface area contributed by atoms with Crippen LogP contribution in [0.3, 0.4) is 0 Å². The van der Waals surface area contributed by atoms with E-state index in [4.69, 9.17) is 13.9 Å². The Balaban J connectivity index is 1.61. The van der Waals surface area contributed by atoms with E-state index in [0.717, 1.165) is 27.9 Å². The molecule has 0 radical (unpaired) electrons. The van der Waals surface area contributed by atoms with Gasteiger partial charge in [0.2, 0.25) is 11.8 Å². The number of hydrogen-bond donors (Lipinski definition) is 2. The summed E-state index contributed by atoms with van der Waals surface area (Å²) in [5.41, 5.74) is 3.39. The number of para-hydroxylation sites is 1. The van der Waals surface area contributed by atoms with Gasteiger partial charge < -0.3 is 18.9 Å². The van der Waals surface area contributed by atoms with Gasteiger partial charge in [0.25, 0.3) is 0 Å². The van der Waals surface area contributed by atoms with Gasteiger partial charge in [0.15, 0.2) is 0 Å². The van der Waals surface area contributed by atoms with Crippen LogP contribution in [0.5, 0.6) is 11.5 Å². The highest BCUT2D eigenvalue weighted by molar-refractivity contribution is 5.84. The Bertz CT molecular complexity index is 1070. The number of methoxy groups -OCH3 is 2. The van der Waals surface area contributed by atoms with Crippen molar-refractivity contribution in [1.82, 2.24) is 20.2 Å². The lowest BCUT2D eigenvalue weighted by atomic mass is 10.1. The lowest BCUT2D eigenvalue weighted by molar-refractivity contribution is 0.414. The van der Waals surface area contributed by atoms with Gasteiger partial charge in [-0.25, -0.2) is 4.98 Å². The van der Waals surface area contributed by atoms with Crippen LogP contribution in [0.1, 0.15) is 5.56 Å². The largest absolute Gasteiger partial charge is 0.497 e. The standard InChI is InChI=1S/C18H17N5O3/c1-10-9-11(24-2)7-8-12(10)16-22-23-18(26-16)21-17-19-13-5-4-6-14(25-3)15(13)20-17/h4-9H,1-3H3,(H2,19,20,21,23). The highest BCUT2D eigenvalue weighted by Gasteiger charge is 2.14. The fourth-order valence-electron chi connectivity index (χ4n) is 2.72. The first kappa shape index (κ1) is 15.9. The summed E-state index contributed by atoms with van der Waals surface area (Å²) in [6.07, 6.45) is 0. The number of aryl methyl sites for hydroxylation is 1. The lowest BCUT2D eigenvalue weighted by Crippen LogP contribution is -1.92. The number of anilines is 2. The summed E-state index contributed by atoms with van der Waals surface area (Å²) in [5, 5.41) is 11.1. The number of nitrogens with zero attached hydrogens (tertiary/aromatic N) is 3.